The highest BCUT2D eigenvalue weighted by Crippen LogP contribution is 2.27. The summed E-state index contributed by atoms with van der Waals surface area (Å²) in [5, 5.41) is 6.09. The molecule has 0 aromatic heterocycles. The summed E-state index contributed by atoms with van der Waals surface area (Å²) in [7, 11) is 1.61. The number of hydrogen-bond acceptors (Lipinski definition) is 3. The van der Waals surface area contributed by atoms with Crippen LogP contribution in [0.1, 0.15) is 0 Å². The molecule has 98 valence electrons. The van der Waals surface area contributed by atoms with Gasteiger partial charge in [-0.05, 0) is 34.1 Å². The Balaban J connectivity index is 2.00. The number of benzene rings is 1. The lowest BCUT2D eigenvalue weighted by molar-refractivity contribution is 0.204. The number of carbonyl (C=O) groups is 1. The van der Waals surface area contributed by atoms with Crippen LogP contribution >= 0.6 is 15.9 Å². The molecule has 2 N–H and O–H groups in total. The van der Waals surface area contributed by atoms with E-state index in [2.05, 4.69) is 26.6 Å². The molecule has 1 saturated heterocycles. The lowest BCUT2D eigenvalue weighted by atomic mass is 10.3. The van der Waals surface area contributed by atoms with Gasteiger partial charge in [-0.15, -0.1) is 0 Å². The zero-order valence-electron chi connectivity index (χ0n) is 10.2. The van der Waals surface area contributed by atoms with Crippen LogP contribution in [0.25, 0.3) is 0 Å². The molecule has 0 aliphatic carbocycles. The van der Waals surface area contributed by atoms with E-state index in [4.69, 9.17) is 4.74 Å². The van der Waals surface area contributed by atoms with Crippen molar-refractivity contribution in [3.8, 4) is 5.75 Å². The van der Waals surface area contributed by atoms with Crippen LogP contribution in [0.4, 0.5) is 10.5 Å². The third-order valence-corrected chi connectivity index (χ3v) is 3.43. The molecule has 0 spiro atoms. The Morgan fingerprint density at radius 1 is 1.44 bits per heavy atom. The van der Waals surface area contributed by atoms with Crippen molar-refractivity contribution in [2.24, 2.45) is 0 Å². The van der Waals surface area contributed by atoms with E-state index in [0.717, 1.165) is 42.1 Å². The average molecular weight is 314 g/mol. The highest BCUT2D eigenvalue weighted by Gasteiger charge is 2.16. The smallest absolute Gasteiger partial charge is 0.321 e. The monoisotopic (exact) mass is 313 g/mol. The van der Waals surface area contributed by atoms with E-state index >= 15 is 0 Å². The second-order valence-electron chi connectivity index (χ2n) is 4.02. The minimum atomic E-state index is -0.0615. The van der Waals surface area contributed by atoms with Crippen LogP contribution in [0.2, 0.25) is 0 Å². The molecule has 1 fully saturated rings. The molecular weight excluding hydrogens is 298 g/mol. The first-order valence-corrected chi connectivity index (χ1v) is 6.60. The van der Waals surface area contributed by atoms with Crippen molar-refractivity contribution in [2.45, 2.75) is 0 Å². The van der Waals surface area contributed by atoms with Crippen LogP contribution in [0.15, 0.2) is 22.7 Å². The summed E-state index contributed by atoms with van der Waals surface area (Å²) in [6, 6.07) is 5.41. The fourth-order valence-corrected chi connectivity index (χ4v) is 2.36. The van der Waals surface area contributed by atoms with Gasteiger partial charge >= 0.3 is 6.03 Å². The highest BCUT2D eigenvalue weighted by atomic mass is 79.9. The summed E-state index contributed by atoms with van der Waals surface area (Å²) >= 11 is 3.39. The number of carbonyl (C=O) groups excluding carboxylic acids is 1. The molecule has 0 unspecified atom stereocenters. The van der Waals surface area contributed by atoms with Gasteiger partial charge in [0.05, 0.1) is 11.6 Å². The van der Waals surface area contributed by atoms with Crippen LogP contribution in [0.5, 0.6) is 5.75 Å². The number of rotatable bonds is 2. The van der Waals surface area contributed by atoms with Crippen LogP contribution in [-0.4, -0.2) is 44.2 Å². The Hall–Kier alpha value is -1.27. The van der Waals surface area contributed by atoms with Crippen molar-refractivity contribution in [3.05, 3.63) is 22.7 Å². The summed E-state index contributed by atoms with van der Waals surface area (Å²) in [4.78, 5) is 13.8. The Morgan fingerprint density at radius 3 is 2.78 bits per heavy atom. The molecule has 5 nitrogen and oxygen atoms in total. The minimum absolute atomic E-state index is 0.0615. The highest BCUT2D eigenvalue weighted by molar-refractivity contribution is 9.10. The van der Waals surface area contributed by atoms with Crippen molar-refractivity contribution in [3.63, 3.8) is 0 Å². The molecule has 18 heavy (non-hydrogen) atoms. The van der Waals surface area contributed by atoms with Crippen molar-refractivity contribution in [1.82, 2.24) is 10.2 Å². The molecule has 1 aliphatic heterocycles. The first-order chi connectivity index (χ1) is 8.70. The SMILES string of the molecule is COc1ccc(NC(=O)N2CCNCC2)cc1Br. The quantitative estimate of drug-likeness (QED) is 0.876. The predicted octanol–water partition coefficient (Wildman–Crippen LogP) is 1.89. The van der Waals surface area contributed by atoms with Gasteiger partial charge in [-0.1, -0.05) is 0 Å². The largest absolute Gasteiger partial charge is 0.496 e. The maximum absolute atomic E-state index is 12.0. The first-order valence-electron chi connectivity index (χ1n) is 5.81. The van der Waals surface area contributed by atoms with Gasteiger partial charge in [0.25, 0.3) is 0 Å². The van der Waals surface area contributed by atoms with Crippen LogP contribution in [-0.2, 0) is 0 Å². The van der Waals surface area contributed by atoms with Gasteiger partial charge in [0, 0.05) is 31.9 Å². The van der Waals surface area contributed by atoms with Crippen molar-refractivity contribution >= 4 is 27.6 Å². The Bertz CT molecular complexity index is 433. The molecule has 1 aliphatic rings. The molecule has 2 rings (SSSR count). The van der Waals surface area contributed by atoms with Gasteiger partial charge < -0.3 is 20.3 Å². The van der Waals surface area contributed by atoms with Crippen LogP contribution < -0.4 is 15.4 Å². The van der Waals surface area contributed by atoms with Crippen molar-refractivity contribution in [2.75, 3.05) is 38.6 Å². The maximum atomic E-state index is 12.0. The first kappa shape index (κ1) is 13.2. The van der Waals surface area contributed by atoms with Crippen molar-refractivity contribution < 1.29 is 9.53 Å². The van der Waals surface area contributed by atoms with Crippen molar-refractivity contribution in [1.29, 1.82) is 0 Å². The molecule has 0 bridgehead atoms. The zero-order chi connectivity index (χ0) is 13.0. The number of urea groups is 1. The van der Waals surface area contributed by atoms with E-state index in [1.807, 2.05) is 18.2 Å². The number of piperazine rings is 1. The number of ether oxygens (including phenoxy) is 1. The van der Waals surface area contributed by atoms with Gasteiger partial charge in [-0.2, -0.15) is 0 Å². The number of amides is 2. The Kier molecular flexibility index (Phi) is 4.43. The second kappa shape index (κ2) is 6.06. The molecule has 6 heteroatoms. The van der Waals surface area contributed by atoms with E-state index in [0.29, 0.717) is 0 Å². The second-order valence-corrected chi connectivity index (χ2v) is 4.87. The summed E-state index contributed by atoms with van der Waals surface area (Å²) < 4.78 is 5.97. The molecule has 1 heterocycles. The minimum Gasteiger partial charge on any atom is -0.496 e. The molecule has 0 atom stereocenters. The molecule has 1 aromatic carbocycles. The fraction of sp³-hybridized carbons (Fsp3) is 0.417. The Labute approximate surface area is 115 Å². The third-order valence-electron chi connectivity index (χ3n) is 2.81. The fourth-order valence-electron chi connectivity index (χ4n) is 1.81. The predicted molar refractivity (Wildman–Crippen MR) is 74.2 cm³/mol. The molecular formula is C12H16BrN3O2. The third kappa shape index (κ3) is 3.14. The molecule has 0 radical (unpaired) electrons. The van der Waals surface area contributed by atoms with Gasteiger partial charge in [0.2, 0.25) is 0 Å². The number of anilines is 1. The summed E-state index contributed by atoms with van der Waals surface area (Å²) in [6.45, 7) is 3.17. The van der Waals surface area contributed by atoms with Crippen LogP contribution in [0.3, 0.4) is 0 Å². The van der Waals surface area contributed by atoms with E-state index in [9.17, 15) is 4.79 Å². The van der Waals surface area contributed by atoms with E-state index in [1.54, 1.807) is 12.0 Å². The maximum Gasteiger partial charge on any atom is 0.321 e. The Morgan fingerprint density at radius 2 is 2.17 bits per heavy atom. The van der Waals surface area contributed by atoms with E-state index in [1.165, 1.54) is 0 Å². The number of halogens is 1. The van der Waals surface area contributed by atoms with Gasteiger partial charge in [0.1, 0.15) is 5.75 Å². The van der Waals surface area contributed by atoms with E-state index < -0.39 is 0 Å². The lowest BCUT2D eigenvalue weighted by Crippen LogP contribution is -2.48. The summed E-state index contributed by atoms with van der Waals surface area (Å²) in [5.41, 5.74) is 0.756. The average Bonchev–Trinajstić information content (AvgIpc) is 2.40. The summed E-state index contributed by atoms with van der Waals surface area (Å²) in [6.07, 6.45) is 0. The van der Waals surface area contributed by atoms with Gasteiger partial charge in [-0.25, -0.2) is 4.79 Å². The standard InChI is InChI=1S/C12H16BrN3O2/c1-18-11-3-2-9(8-10(11)13)15-12(17)16-6-4-14-5-7-16/h2-3,8,14H,4-7H2,1H3,(H,15,17). The normalized spacial score (nSPS) is 15.3. The summed E-state index contributed by atoms with van der Waals surface area (Å²) in [5.74, 6) is 0.746. The number of nitrogens with zero attached hydrogens (tertiary/aromatic N) is 1. The number of methoxy groups -OCH3 is 1. The van der Waals surface area contributed by atoms with Gasteiger partial charge in [0.15, 0.2) is 0 Å². The number of nitrogens with one attached hydrogen (secondary N) is 2. The molecule has 0 saturated carbocycles. The lowest BCUT2D eigenvalue weighted by Gasteiger charge is -2.27. The molecule has 1 aromatic rings. The van der Waals surface area contributed by atoms with E-state index in [-0.39, 0.29) is 6.03 Å². The number of hydrogen-bond donors (Lipinski definition) is 2. The molecule has 2 amide bonds. The zero-order valence-corrected chi connectivity index (χ0v) is 11.8. The van der Waals surface area contributed by atoms with Gasteiger partial charge in [-0.3, -0.25) is 0 Å². The topological polar surface area (TPSA) is 53.6 Å². The van der Waals surface area contributed by atoms with Crippen LogP contribution in [0, 0.1) is 0 Å².